The van der Waals surface area contributed by atoms with E-state index in [-0.39, 0.29) is 6.10 Å². The summed E-state index contributed by atoms with van der Waals surface area (Å²) in [5.74, 6) is 0. The van der Waals surface area contributed by atoms with Crippen molar-refractivity contribution in [2.75, 3.05) is 19.6 Å². The van der Waals surface area contributed by atoms with Gasteiger partial charge in [-0.25, -0.2) is 0 Å². The molecule has 0 amide bonds. The van der Waals surface area contributed by atoms with Crippen LogP contribution in [-0.2, 0) is 0 Å². The lowest BCUT2D eigenvalue weighted by Gasteiger charge is -2.18. The molecule has 0 aromatic carbocycles. The van der Waals surface area contributed by atoms with Crippen LogP contribution in [0.15, 0.2) is 0 Å². The minimum atomic E-state index is -0.190. The van der Waals surface area contributed by atoms with Crippen LogP contribution in [0.4, 0.5) is 0 Å². The molecule has 0 aliphatic heterocycles. The van der Waals surface area contributed by atoms with Gasteiger partial charge in [0, 0.05) is 6.54 Å². The molecule has 0 aliphatic carbocycles. The fourth-order valence-electron chi connectivity index (χ4n) is 0.855. The molecule has 0 fully saturated rings. The molecule has 0 unspecified atom stereocenters. The first-order valence-electron chi connectivity index (χ1n) is 3.61. The Bertz CT molecular complexity index is 59.9. The molecule has 1 atom stereocenters. The van der Waals surface area contributed by atoms with Crippen molar-refractivity contribution in [3.63, 3.8) is 0 Å². The fourth-order valence-corrected chi connectivity index (χ4v) is 0.855. The minimum absolute atomic E-state index is 0.190. The Balaban J connectivity index is 3.31. The van der Waals surface area contributed by atoms with Crippen LogP contribution in [0.1, 0.15) is 20.8 Å². The third-order valence-electron chi connectivity index (χ3n) is 1.42. The summed E-state index contributed by atoms with van der Waals surface area (Å²) in [4.78, 5) is 2.20. The summed E-state index contributed by atoms with van der Waals surface area (Å²) in [7, 11) is 0. The second kappa shape index (κ2) is 4.77. The van der Waals surface area contributed by atoms with E-state index in [9.17, 15) is 0 Å². The maximum atomic E-state index is 8.94. The first-order chi connectivity index (χ1) is 4.20. The molecule has 0 bridgehead atoms. The summed E-state index contributed by atoms with van der Waals surface area (Å²) >= 11 is 0. The SMILES string of the molecule is CCN(CC)C[C@@H](C)O. The molecule has 0 saturated carbocycles. The molecule has 2 heteroatoms. The average molecular weight is 131 g/mol. The quantitative estimate of drug-likeness (QED) is 0.607. The van der Waals surface area contributed by atoms with Crippen LogP contribution in [0.5, 0.6) is 0 Å². The van der Waals surface area contributed by atoms with Gasteiger partial charge in [-0.15, -0.1) is 0 Å². The van der Waals surface area contributed by atoms with E-state index in [0.717, 1.165) is 19.6 Å². The van der Waals surface area contributed by atoms with Gasteiger partial charge in [-0.1, -0.05) is 13.8 Å². The van der Waals surface area contributed by atoms with E-state index in [1.165, 1.54) is 0 Å². The van der Waals surface area contributed by atoms with Crippen molar-refractivity contribution >= 4 is 0 Å². The molecule has 0 spiro atoms. The topological polar surface area (TPSA) is 23.5 Å². The molecule has 0 aromatic rings. The standard InChI is InChI=1S/C7H17NO/c1-4-8(5-2)6-7(3)9/h7,9H,4-6H2,1-3H3/t7-/m1/s1. The van der Waals surface area contributed by atoms with Crippen molar-refractivity contribution in [1.82, 2.24) is 4.90 Å². The lowest BCUT2D eigenvalue weighted by Crippen LogP contribution is -2.30. The Morgan fingerprint density at radius 2 is 1.78 bits per heavy atom. The van der Waals surface area contributed by atoms with Crippen molar-refractivity contribution in [2.45, 2.75) is 26.9 Å². The first-order valence-corrected chi connectivity index (χ1v) is 3.61. The lowest BCUT2D eigenvalue weighted by atomic mass is 10.3. The summed E-state index contributed by atoms with van der Waals surface area (Å²) in [6, 6.07) is 0. The summed E-state index contributed by atoms with van der Waals surface area (Å²) in [5, 5.41) is 8.94. The maximum Gasteiger partial charge on any atom is 0.0639 e. The zero-order chi connectivity index (χ0) is 7.28. The van der Waals surface area contributed by atoms with Crippen LogP contribution in [-0.4, -0.2) is 35.7 Å². The Hall–Kier alpha value is -0.0800. The van der Waals surface area contributed by atoms with Gasteiger partial charge in [0.05, 0.1) is 6.10 Å². The fraction of sp³-hybridized carbons (Fsp3) is 1.00. The molecule has 0 saturated heterocycles. The van der Waals surface area contributed by atoms with E-state index in [1.54, 1.807) is 0 Å². The smallest absolute Gasteiger partial charge is 0.0639 e. The van der Waals surface area contributed by atoms with Gasteiger partial charge in [-0.2, -0.15) is 0 Å². The Kier molecular flexibility index (Phi) is 4.72. The van der Waals surface area contributed by atoms with Gasteiger partial charge in [0.25, 0.3) is 0 Å². The Morgan fingerprint density at radius 1 is 1.33 bits per heavy atom. The molecule has 0 radical (unpaired) electrons. The van der Waals surface area contributed by atoms with E-state index in [4.69, 9.17) is 5.11 Å². The molecule has 0 rings (SSSR count). The van der Waals surface area contributed by atoms with Crippen molar-refractivity contribution in [3.05, 3.63) is 0 Å². The second-order valence-electron chi connectivity index (χ2n) is 2.33. The van der Waals surface area contributed by atoms with Crippen LogP contribution in [0.2, 0.25) is 0 Å². The minimum Gasteiger partial charge on any atom is -0.392 e. The normalized spacial score (nSPS) is 14.3. The van der Waals surface area contributed by atoms with Gasteiger partial charge < -0.3 is 10.0 Å². The van der Waals surface area contributed by atoms with Gasteiger partial charge in [-0.05, 0) is 20.0 Å². The molecular weight excluding hydrogens is 114 g/mol. The van der Waals surface area contributed by atoms with E-state index in [2.05, 4.69) is 18.7 Å². The van der Waals surface area contributed by atoms with Crippen molar-refractivity contribution in [1.29, 1.82) is 0 Å². The third-order valence-corrected chi connectivity index (χ3v) is 1.42. The number of likely N-dealkylation sites (N-methyl/N-ethyl adjacent to an activating group) is 1. The maximum absolute atomic E-state index is 8.94. The summed E-state index contributed by atoms with van der Waals surface area (Å²) in [5.41, 5.74) is 0. The number of nitrogens with zero attached hydrogens (tertiary/aromatic N) is 1. The highest BCUT2D eigenvalue weighted by Gasteiger charge is 2.01. The summed E-state index contributed by atoms with van der Waals surface area (Å²) in [6.45, 7) is 8.88. The highest BCUT2D eigenvalue weighted by atomic mass is 16.3. The van der Waals surface area contributed by atoms with Crippen molar-refractivity contribution < 1.29 is 5.11 Å². The molecule has 56 valence electrons. The van der Waals surface area contributed by atoms with E-state index >= 15 is 0 Å². The number of aliphatic hydroxyl groups excluding tert-OH is 1. The van der Waals surface area contributed by atoms with Crippen molar-refractivity contribution in [2.24, 2.45) is 0 Å². The molecule has 0 heterocycles. The molecular formula is C7H17NO. The van der Waals surface area contributed by atoms with E-state index in [1.807, 2.05) is 6.92 Å². The van der Waals surface area contributed by atoms with E-state index in [0.29, 0.717) is 0 Å². The number of hydrogen-bond acceptors (Lipinski definition) is 2. The summed E-state index contributed by atoms with van der Waals surface area (Å²) in [6.07, 6.45) is -0.190. The zero-order valence-electron chi connectivity index (χ0n) is 6.59. The number of rotatable bonds is 4. The van der Waals surface area contributed by atoms with Crippen LogP contribution >= 0.6 is 0 Å². The van der Waals surface area contributed by atoms with Crippen molar-refractivity contribution in [3.8, 4) is 0 Å². The first kappa shape index (κ1) is 8.92. The molecule has 9 heavy (non-hydrogen) atoms. The predicted octanol–water partition coefficient (Wildman–Crippen LogP) is 0.709. The zero-order valence-corrected chi connectivity index (χ0v) is 6.59. The molecule has 0 aliphatic rings. The average Bonchev–Trinajstić information content (AvgIpc) is 1.82. The van der Waals surface area contributed by atoms with Gasteiger partial charge in [-0.3, -0.25) is 0 Å². The van der Waals surface area contributed by atoms with Gasteiger partial charge in [0.2, 0.25) is 0 Å². The lowest BCUT2D eigenvalue weighted by molar-refractivity contribution is 0.133. The van der Waals surface area contributed by atoms with E-state index < -0.39 is 0 Å². The van der Waals surface area contributed by atoms with Gasteiger partial charge in [0.15, 0.2) is 0 Å². The third kappa shape index (κ3) is 4.43. The number of aliphatic hydroxyl groups is 1. The molecule has 0 aromatic heterocycles. The highest BCUT2D eigenvalue weighted by molar-refractivity contribution is 4.55. The van der Waals surface area contributed by atoms with Crippen LogP contribution in [0.3, 0.4) is 0 Å². The van der Waals surface area contributed by atoms with Crippen LogP contribution < -0.4 is 0 Å². The number of hydrogen-bond donors (Lipinski definition) is 1. The molecule has 2 nitrogen and oxygen atoms in total. The predicted molar refractivity (Wildman–Crippen MR) is 39.5 cm³/mol. The Labute approximate surface area is 57.5 Å². The van der Waals surface area contributed by atoms with Gasteiger partial charge >= 0.3 is 0 Å². The van der Waals surface area contributed by atoms with Crippen LogP contribution in [0.25, 0.3) is 0 Å². The highest BCUT2D eigenvalue weighted by Crippen LogP contribution is 1.89. The summed E-state index contributed by atoms with van der Waals surface area (Å²) < 4.78 is 0. The Morgan fingerprint density at radius 3 is 1.89 bits per heavy atom. The largest absolute Gasteiger partial charge is 0.392 e. The molecule has 1 N–H and O–H groups in total. The monoisotopic (exact) mass is 131 g/mol. The van der Waals surface area contributed by atoms with Gasteiger partial charge in [0.1, 0.15) is 0 Å². The van der Waals surface area contributed by atoms with Crippen LogP contribution in [0, 0.1) is 0 Å². The second-order valence-corrected chi connectivity index (χ2v) is 2.33.